The standard InChI is InChI=1S/C12H13ClN2S2/c13-9-2-1-3-10-11(9)14-12(16)15(10)6-8-4-5-17-7-8/h1-3,8H,4-7H2,(H,14,16). The van der Waals surface area contributed by atoms with E-state index in [0.29, 0.717) is 0 Å². The van der Waals surface area contributed by atoms with E-state index in [0.717, 1.165) is 33.3 Å². The number of para-hydroxylation sites is 1. The zero-order valence-corrected chi connectivity index (χ0v) is 11.7. The number of fused-ring (bicyclic) bond motifs is 1. The number of aromatic nitrogens is 2. The highest BCUT2D eigenvalue weighted by atomic mass is 35.5. The van der Waals surface area contributed by atoms with Crippen molar-refractivity contribution in [2.75, 3.05) is 11.5 Å². The average Bonchev–Trinajstić information content (AvgIpc) is 2.91. The summed E-state index contributed by atoms with van der Waals surface area (Å²) in [5.41, 5.74) is 2.09. The second-order valence-corrected chi connectivity index (χ2v) is 6.35. The Kier molecular flexibility index (Phi) is 3.19. The van der Waals surface area contributed by atoms with Gasteiger partial charge in [0.05, 0.1) is 16.1 Å². The first-order chi connectivity index (χ1) is 8.25. The Labute approximate surface area is 114 Å². The van der Waals surface area contributed by atoms with Gasteiger partial charge in [0, 0.05) is 6.54 Å². The summed E-state index contributed by atoms with van der Waals surface area (Å²) in [5, 5.41) is 0.744. The molecule has 3 rings (SSSR count). The first-order valence-electron chi connectivity index (χ1n) is 5.70. The molecule has 1 fully saturated rings. The predicted molar refractivity (Wildman–Crippen MR) is 77.6 cm³/mol. The first kappa shape index (κ1) is 11.6. The number of nitrogens with one attached hydrogen (secondary N) is 1. The van der Waals surface area contributed by atoms with Crippen molar-refractivity contribution in [1.82, 2.24) is 9.55 Å². The number of imidazole rings is 1. The van der Waals surface area contributed by atoms with E-state index in [1.165, 1.54) is 17.9 Å². The highest BCUT2D eigenvalue weighted by Gasteiger charge is 2.17. The molecule has 2 nitrogen and oxygen atoms in total. The van der Waals surface area contributed by atoms with E-state index >= 15 is 0 Å². The van der Waals surface area contributed by atoms with E-state index in [1.54, 1.807) is 0 Å². The van der Waals surface area contributed by atoms with Crippen LogP contribution < -0.4 is 0 Å². The number of halogens is 1. The number of hydrogen-bond acceptors (Lipinski definition) is 2. The van der Waals surface area contributed by atoms with Crippen LogP contribution in [0.2, 0.25) is 5.02 Å². The topological polar surface area (TPSA) is 20.7 Å². The minimum Gasteiger partial charge on any atom is -0.329 e. The summed E-state index contributed by atoms with van der Waals surface area (Å²) in [5.74, 6) is 3.26. The third-order valence-corrected chi connectivity index (χ3v) is 5.09. The highest BCUT2D eigenvalue weighted by Crippen LogP contribution is 2.28. The quantitative estimate of drug-likeness (QED) is 0.838. The molecule has 0 radical (unpaired) electrons. The summed E-state index contributed by atoms with van der Waals surface area (Å²) in [6, 6.07) is 5.95. The number of thioether (sulfide) groups is 1. The summed E-state index contributed by atoms with van der Waals surface area (Å²) >= 11 is 13.6. The fraction of sp³-hybridized carbons (Fsp3) is 0.417. The summed E-state index contributed by atoms with van der Waals surface area (Å²) < 4.78 is 2.97. The molecular formula is C12H13ClN2S2. The van der Waals surface area contributed by atoms with Gasteiger partial charge in [0.1, 0.15) is 0 Å². The van der Waals surface area contributed by atoms with E-state index in [1.807, 2.05) is 23.9 Å². The normalized spacial score (nSPS) is 20.2. The van der Waals surface area contributed by atoms with Crippen LogP contribution in [0.4, 0.5) is 0 Å². The maximum Gasteiger partial charge on any atom is 0.178 e. The maximum atomic E-state index is 6.16. The van der Waals surface area contributed by atoms with Crippen LogP contribution in [0, 0.1) is 10.7 Å². The van der Waals surface area contributed by atoms with Crippen molar-refractivity contribution in [1.29, 1.82) is 0 Å². The molecule has 1 unspecified atom stereocenters. The van der Waals surface area contributed by atoms with Gasteiger partial charge in [-0.3, -0.25) is 0 Å². The first-order valence-corrected chi connectivity index (χ1v) is 7.64. The molecule has 1 saturated heterocycles. The lowest BCUT2D eigenvalue weighted by atomic mass is 10.1. The van der Waals surface area contributed by atoms with Gasteiger partial charge in [0.15, 0.2) is 4.77 Å². The van der Waals surface area contributed by atoms with Gasteiger partial charge >= 0.3 is 0 Å². The molecule has 1 N–H and O–H groups in total. The van der Waals surface area contributed by atoms with Crippen molar-refractivity contribution in [2.24, 2.45) is 5.92 Å². The minimum absolute atomic E-state index is 0.740. The molecule has 1 aromatic heterocycles. The van der Waals surface area contributed by atoms with Crippen molar-refractivity contribution in [3.8, 4) is 0 Å². The van der Waals surface area contributed by atoms with Crippen molar-refractivity contribution < 1.29 is 0 Å². The number of aromatic amines is 1. The zero-order valence-electron chi connectivity index (χ0n) is 9.28. The largest absolute Gasteiger partial charge is 0.329 e. The van der Waals surface area contributed by atoms with Crippen LogP contribution in [0.1, 0.15) is 6.42 Å². The van der Waals surface area contributed by atoms with Gasteiger partial charge in [-0.25, -0.2) is 0 Å². The molecule has 1 atom stereocenters. The second-order valence-electron chi connectivity index (χ2n) is 4.40. The number of nitrogens with zero attached hydrogens (tertiary/aromatic N) is 1. The lowest BCUT2D eigenvalue weighted by molar-refractivity contribution is 0.497. The smallest absolute Gasteiger partial charge is 0.178 e. The molecule has 0 spiro atoms. The van der Waals surface area contributed by atoms with Crippen LogP contribution >= 0.6 is 35.6 Å². The fourth-order valence-corrected chi connectivity index (χ4v) is 4.08. The Morgan fingerprint density at radius 1 is 1.53 bits per heavy atom. The van der Waals surface area contributed by atoms with E-state index in [-0.39, 0.29) is 0 Å². The monoisotopic (exact) mass is 284 g/mol. The van der Waals surface area contributed by atoms with E-state index < -0.39 is 0 Å². The molecule has 90 valence electrons. The van der Waals surface area contributed by atoms with E-state index in [9.17, 15) is 0 Å². The average molecular weight is 285 g/mol. The Morgan fingerprint density at radius 3 is 3.18 bits per heavy atom. The summed E-state index contributed by atoms with van der Waals surface area (Å²) in [7, 11) is 0. The van der Waals surface area contributed by atoms with Gasteiger partial charge in [0.25, 0.3) is 0 Å². The number of hydrogen-bond donors (Lipinski definition) is 1. The molecule has 2 aromatic rings. The SMILES string of the molecule is S=c1[nH]c2c(Cl)cccc2n1CC1CCSC1. The lowest BCUT2D eigenvalue weighted by Gasteiger charge is -2.10. The second kappa shape index (κ2) is 4.67. The zero-order chi connectivity index (χ0) is 11.8. The van der Waals surface area contributed by atoms with Crippen LogP contribution in [0.25, 0.3) is 11.0 Å². The van der Waals surface area contributed by atoms with Crippen molar-refractivity contribution in [3.05, 3.63) is 28.0 Å². The lowest BCUT2D eigenvalue weighted by Crippen LogP contribution is -2.09. The highest BCUT2D eigenvalue weighted by molar-refractivity contribution is 7.99. The fourth-order valence-electron chi connectivity index (χ4n) is 2.31. The van der Waals surface area contributed by atoms with Crippen LogP contribution in [-0.2, 0) is 6.54 Å². The Morgan fingerprint density at radius 2 is 2.41 bits per heavy atom. The van der Waals surface area contributed by atoms with Gasteiger partial charge in [-0.1, -0.05) is 17.7 Å². The third kappa shape index (κ3) is 2.14. The van der Waals surface area contributed by atoms with Gasteiger partial charge in [-0.15, -0.1) is 0 Å². The molecule has 0 aliphatic carbocycles. The molecule has 17 heavy (non-hydrogen) atoms. The van der Waals surface area contributed by atoms with Gasteiger partial charge in [-0.05, 0) is 48.2 Å². The van der Waals surface area contributed by atoms with Crippen LogP contribution in [-0.4, -0.2) is 21.1 Å². The summed E-state index contributed by atoms with van der Waals surface area (Å²) in [4.78, 5) is 3.21. The summed E-state index contributed by atoms with van der Waals surface area (Å²) in [6.45, 7) is 1.01. The summed E-state index contributed by atoms with van der Waals surface area (Å²) in [6.07, 6.45) is 1.29. The molecule has 0 amide bonds. The van der Waals surface area contributed by atoms with E-state index in [2.05, 4.69) is 15.6 Å². The predicted octanol–water partition coefficient (Wildman–Crippen LogP) is 4.11. The molecule has 0 saturated carbocycles. The third-order valence-electron chi connectivity index (χ3n) is 3.22. The van der Waals surface area contributed by atoms with Gasteiger partial charge in [0.2, 0.25) is 0 Å². The molecule has 1 aliphatic heterocycles. The van der Waals surface area contributed by atoms with Crippen molar-refractivity contribution in [3.63, 3.8) is 0 Å². The van der Waals surface area contributed by atoms with Gasteiger partial charge in [-0.2, -0.15) is 11.8 Å². The molecule has 1 aromatic carbocycles. The Hall–Kier alpha value is -0.450. The molecule has 1 aliphatic rings. The number of benzene rings is 1. The van der Waals surface area contributed by atoms with Crippen molar-refractivity contribution in [2.45, 2.75) is 13.0 Å². The Bertz CT molecular complexity index is 596. The van der Waals surface area contributed by atoms with Crippen LogP contribution in [0.5, 0.6) is 0 Å². The molecule has 0 bridgehead atoms. The van der Waals surface area contributed by atoms with Crippen LogP contribution in [0.3, 0.4) is 0 Å². The molecule has 5 heteroatoms. The number of rotatable bonds is 2. The van der Waals surface area contributed by atoms with E-state index in [4.69, 9.17) is 23.8 Å². The van der Waals surface area contributed by atoms with Gasteiger partial charge < -0.3 is 9.55 Å². The number of H-pyrrole nitrogens is 1. The molecule has 2 heterocycles. The minimum atomic E-state index is 0.740. The van der Waals surface area contributed by atoms with Crippen LogP contribution in [0.15, 0.2) is 18.2 Å². The maximum absolute atomic E-state index is 6.16. The Balaban J connectivity index is 2.06. The molecular weight excluding hydrogens is 272 g/mol. The van der Waals surface area contributed by atoms with Crippen molar-refractivity contribution >= 4 is 46.6 Å².